The van der Waals surface area contributed by atoms with Crippen molar-refractivity contribution in [2.45, 2.75) is 0 Å². The fourth-order valence-corrected chi connectivity index (χ4v) is 1.68. The second-order valence-corrected chi connectivity index (χ2v) is 4.05. The van der Waals surface area contributed by atoms with E-state index in [1.165, 1.54) is 7.11 Å². The maximum Gasteiger partial charge on any atom is 0.161 e. The number of aldehydes is 1. The normalized spacial score (nSPS) is 10.6. The van der Waals surface area contributed by atoms with Gasteiger partial charge in [0, 0.05) is 5.56 Å². The molecule has 0 spiro atoms. The van der Waals surface area contributed by atoms with E-state index in [9.17, 15) is 9.90 Å². The van der Waals surface area contributed by atoms with E-state index in [0.717, 1.165) is 17.4 Å². The highest BCUT2D eigenvalue weighted by molar-refractivity contribution is 5.77. The zero-order valence-electron chi connectivity index (χ0n) is 10.5. The summed E-state index contributed by atoms with van der Waals surface area (Å²) in [7, 11) is 1.51. The van der Waals surface area contributed by atoms with Gasteiger partial charge in [0.05, 0.1) is 7.11 Å². The predicted octanol–water partition coefficient (Wildman–Crippen LogP) is 3.38. The molecule has 3 heteroatoms. The van der Waals surface area contributed by atoms with Gasteiger partial charge in [0.15, 0.2) is 11.5 Å². The van der Waals surface area contributed by atoms with Gasteiger partial charge >= 0.3 is 0 Å². The van der Waals surface area contributed by atoms with Crippen LogP contribution in [0.5, 0.6) is 11.5 Å². The first-order valence-electron chi connectivity index (χ1n) is 5.83. The van der Waals surface area contributed by atoms with Crippen molar-refractivity contribution < 1.29 is 14.6 Å². The molecule has 0 aliphatic heterocycles. The van der Waals surface area contributed by atoms with Crippen LogP contribution in [0.25, 0.3) is 12.2 Å². The van der Waals surface area contributed by atoms with Gasteiger partial charge in [0.1, 0.15) is 6.29 Å². The zero-order chi connectivity index (χ0) is 13.7. The van der Waals surface area contributed by atoms with Crippen LogP contribution in [0.4, 0.5) is 0 Å². The van der Waals surface area contributed by atoms with Crippen LogP contribution in [-0.4, -0.2) is 18.5 Å². The lowest BCUT2D eigenvalue weighted by atomic mass is 10.1. The molecule has 0 aliphatic rings. The number of hydrogen-bond acceptors (Lipinski definition) is 3. The molecule has 0 aliphatic carbocycles. The van der Waals surface area contributed by atoms with Gasteiger partial charge in [0.25, 0.3) is 0 Å². The predicted molar refractivity (Wildman–Crippen MR) is 75.4 cm³/mol. The zero-order valence-corrected chi connectivity index (χ0v) is 10.5. The maximum atomic E-state index is 10.5. The Hall–Kier alpha value is -2.55. The standard InChI is InChI=1S/C16H14O3/c1-19-16-10-13(8-9-15(16)18)5-2-12-3-6-14(11-17)7-4-12/h2-11,18H,1H3/b5-2+. The summed E-state index contributed by atoms with van der Waals surface area (Å²) in [5.41, 5.74) is 2.58. The molecule has 0 atom stereocenters. The highest BCUT2D eigenvalue weighted by Gasteiger charge is 2.00. The summed E-state index contributed by atoms with van der Waals surface area (Å²) in [6.07, 6.45) is 4.66. The van der Waals surface area contributed by atoms with Crippen molar-refractivity contribution in [1.82, 2.24) is 0 Å². The molecular weight excluding hydrogens is 240 g/mol. The SMILES string of the molecule is COc1cc(/C=C/c2ccc(C=O)cc2)ccc1O. The van der Waals surface area contributed by atoms with Crippen LogP contribution >= 0.6 is 0 Å². The number of phenols is 1. The quantitative estimate of drug-likeness (QED) is 0.672. The van der Waals surface area contributed by atoms with E-state index in [1.54, 1.807) is 30.3 Å². The van der Waals surface area contributed by atoms with Crippen molar-refractivity contribution in [3.8, 4) is 11.5 Å². The number of carbonyl (C=O) groups is 1. The lowest BCUT2D eigenvalue weighted by Crippen LogP contribution is -1.84. The molecule has 0 unspecified atom stereocenters. The second kappa shape index (κ2) is 5.87. The van der Waals surface area contributed by atoms with Crippen molar-refractivity contribution in [2.75, 3.05) is 7.11 Å². The molecule has 96 valence electrons. The van der Waals surface area contributed by atoms with Gasteiger partial charge in [-0.25, -0.2) is 0 Å². The van der Waals surface area contributed by atoms with Gasteiger partial charge in [-0.2, -0.15) is 0 Å². The summed E-state index contributed by atoms with van der Waals surface area (Å²) in [4.78, 5) is 10.5. The summed E-state index contributed by atoms with van der Waals surface area (Å²) in [6, 6.07) is 12.4. The largest absolute Gasteiger partial charge is 0.504 e. The van der Waals surface area contributed by atoms with E-state index >= 15 is 0 Å². The highest BCUT2D eigenvalue weighted by Crippen LogP contribution is 2.27. The summed E-state index contributed by atoms with van der Waals surface area (Å²) in [5, 5.41) is 9.50. The Morgan fingerprint density at radius 2 is 1.53 bits per heavy atom. The first-order valence-corrected chi connectivity index (χ1v) is 5.83. The molecule has 0 aromatic heterocycles. The first kappa shape index (κ1) is 12.9. The van der Waals surface area contributed by atoms with Gasteiger partial charge in [0.2, 0.25) is 0 Å². The molecule has 19 heavy (non-hydrogen) atoms. The van der Waals surface area contributed by atoms with Crippen LogP contribution in [0, 0.1) is 0 Å². The number of methoxy groups -OCH3 is 1. The summed E-state index contributed by atoms with van der Waals surface area (Å²) >= 11 is 0. The maximum absolute atomic E-state index is 10.5. The van der Waals surface area contributed by atoms with E-state index in [4.69, 9.17) is 4.74 Å². The Morgan fingerprint density at radius 1 is 0.947 bits per heavy atom. The molecule has 0 fully saturated rings. The summed E-state index contributed by atoms with van der Waals surface area (Å²) in [6.45, 7) is 0. The lowest BCUT2D eigenvalue weighted by molar-refractivity contribution is 0.112. The number of ether oxygens (including phenoxy) is 1. The van der Waals surface area contributed by atoms with Crippen molar-refractivity contribution >= 4 is 18.4 Å². The molecule has 0 radical (unpaired) electrons. The summed E-state index contributed by atoms with van der Waals surface area (Å²) in [5.74, 6) is 0.563. The molecule has 0 bridgehead atoms. The summed E-state index contributed by atoms with van der Waals surface area (Å²) < 4.78 is 5.05. The molecule has 0 saturated heterocycles. The third kappa shape index (κ3) is 3.22. The van der Waals surface area contributed by atoms with E-state index in [-0.39, 0.29) is 5.75 Å². The van der Waals surface area contributed by atoms with Crippen LogP contribution in [0.2, 0.25) is 0 Å². The minimum atomic E-state index is 0.120. The number of carbonyl (C=O) groups excluding carboxylic acids is 1. The van der Waals surface area contributed by atoms with E-state index in [1.807, 2.05) is 24.3 Å². The number of hydrogen-bond donors (Lipinski definition) is 1. The van der Waals surface area contributed by atoms with Crippen LogP contribution in [0.15, 0.2) is 42.5 Å². The number of benzene rings is 2. The van der Waals surface area contributed by atoms with Crippen molar-refractivity contribution in [3.63, 3.8) is 0 Å². The monoisotopic (exact) mass is 254 g/mol. The van der Waals surface area contributed by atoms with Crippen molar-refractivity contribution in [3.05, 3.63) is 59.2 Å². The molecule has 0 amide bonds. The average Bonchev–Trinajstić information content (AvgIpc) is 2.47. The number of phenolic OH excluding ortho intramolecular Hbond substituents is 1. The van der Waals surface area contributed by atoms with E-state index < -0.39 is 0 Å². The molecule has 2 aromatic carbocycles. The third-order valence-electron chi connectivity index (χ3n) is 2.74. The van der Waals surface area contributed by atoms with Gasteiger partial charge in [-0.15, -0.1) is 0 Å². The first-order chi connectivity index (χ1) is 9.22. The minimum absolute atomic E-state index is 0.120. The Labute approximate surface area is 111 Å². The molecule has 0 heterocycles. The van der Waals surface area contributed by atoms with Gasteiger partial charge in [-0.05, 0) is 23.3 Å². The molecule has 1 N–H and O–H groups in total. The van der Waals surface area contributed by atoms with E-state index in [0.29, 0.717) is 11.3 Å². The third-order valence-corrected chi connectivity index (χ3v) is 2.74. The van der Waals surface area contributed by atoms with Crippen molar-refractivity contribution in [1.29, 1.82) is 0 Å². The van der Waals surface area contributed by atoms with E-state index in [2.05, 4.69) is 0 Å². The highest BCUT2D eigenvalue weighted by atomic mass is 16.5. The van der Waals surface area contributed by atoms with Gasteiger partial charge < -0.3 is 9.84 Å². The molecule has 0 saturated carbocycles. The Kier molecular flexibility index (Phi) is 3.98. The fourth-order valence-electron chi connectivity index (χ4n) is 1.68. The fraction of sp³-hybridized carbons (Fsp3) is 0.0625. The minimum Gasteiger partial charge on any atom is -0.504 e. The van der Waals surface area contributed by atoms with Crippen LogP contribution in [-0.2, 0) is 0 Å². The smallest absolute Gasteiger partial charge is 0.161 e. The van der Waals surface area contributed by atoms with Gasteiger partial charge in [-0.1, -0.05) is 42.5 Å². The molecule has 2 aromatic rings. The van der Waals surface area contributed by atoms with Crippen LogP contribution in [0.3, 0.4) is 0 Å². The topological polar surface area (TPSA) is 46.5 Å². The number of aromatic hydroxyl groups is 1. The Bertz CT molecular complexity index is 598. The Morgan fingerprint density at radius 3 is 2.16 bits per heavy atom. The van der Waals surface area contributed by atoms with Crippen LogP contribution < -0.4 is 4.74 Å². The lowest BCUT2D eigenvalue weighted by Gasteiger charge is -2.03. The molecule has 3 nitrogen and oxygen atoms in total. The van der Waals surface area contributed by atoms with Gasteiger partial charge in [-0.3, -0.25) is 4.79 Å². The van der Waals surface area contributed by atoms with Crippen molar-refractivity contribution in [2.24, 2.45) is 0 Å². The van der Waals surface area contributed by atoms with Crippen LogP contribution in [0.1, 0.15) is 21.5 Å². The Balaban J connectivity index is 2.19. The molecule has 2 rings (SSSR count). The number of rotatable bonds is 4. The molecular formula is C16H14O3. The second-order valence-electron chi connectivity index (χ2n) is 4.05. The average molecular weight is 254 g/mol.